The molecule has 0 amide bonds. The van der Waals surface area contributed by atoms with Crippen molar-refractivity contribution in [2.45, 2.75) is 23.6 Å². The van der Waals surface area contributed by atoms with Crippen molar-refractivity contribution in [1.82, 2.24) is 0 Å². The number of hydrogen-bond donors (Lipinski definition) is 2. The molecule has 2 aromatic carbocycles. The summed E-state index contributed by atoms with van der Waals surface area (Å²) in [4.78, 5) is -0.831. The van der Waals surface area contributed by atoms with Gasteiger partial charge in [0.05, 0.1) is 0 Å². The van der Waals surface area contributed by atoms with Crippen LogP contribution in [0.5, 0.6) is 0 Å². The minimum atomic E-state index is -4.55. The van der Waals surface area contributed by atoms with Crippen LogP contribution in [0.15, 0.2) is 46.2 Å². The van der Waals surface area contributed by atoms with E-state index in [1.807, 2.05) is 0 Å². The van der Waals surface area contributed by atoms with E-state index < -0.39 is 30.0 Å². The van der Waals surface area contributed by atoms with E-state index in [4.69, 9.17) is 0 Å². The van der Waals surface area contributed by atoms with E-state index in [0.29, 0.717) is 11.1 Å². The molecule has 8 heteroatoms. The van der Waals surface area contributed by atoms with Gasteiger partial charge in [-0.2, -0.15) is 16.8 Å². The van der Waals surface area contributed by atoms with E-state index in [1.54, 1.807) is 26.0 Å². The predicted octanol–water partition coefficient (Wildman–Crippen LogP) is 2.46. The molecule has 2 N–H and O–H groups in total. The van der Waals surface area contributed by atoms with E-state index in [-0.39, 0.29) is 11.1 Å². The zero-order chi connectivity index (χ0) is 16.7. The van der Waals surface area contributed by atoms with Gasteiger partial charge >= 0.3 is 0 Å². The van der Waals surface area contributed by atoms with Gasteiger partial charge in [0.15, 0.2) is 0 Å². The second-order valence-corrected chi connectivity index (χ2v) is 7.73. The largest absolute Gasteiger partial charge is 0.295 e. The average Bonchev–Trinajstić information content (AvgIpc) is 2.37. The molecule has 0 saturated heterocycles. The SMILES string of the molecule is Cc1ccc(-c2ccc(C)cc2S(=O)(=O)O)c(S(=O)(=O)O)c1. The Morgan fingerprint density at radius 2 is 1.00 bits per heavy atom. The highest BCUT2D eigenvalue weighted by molar-refractivity contribution is 7.86. The second-order valence-electron chi connectivity index (χ2n) is 4.95. The standard InChI is InChI=1S/C14H14O6S2/c1-9-3-5-11(13(7-9)21(15,16)17)12-6-4-10(2)8-14(12)22(18,19)20/h3-8H,1-2H3,(H,15,16,17)(H,18,19,20). The van der Waals surface area contributed by atoms with Gasteiger partial charge in [0.1, 0.15) is 9.79 Å². The van der Waals surface area contributed by atoms with Gasteiger partial charge in [-0.15, -0.1) is 0 Å². The van der Waals surface area contributed by atoms with Crippen LogP contribution in [0, 0.1) is 13.8 Å². The molecule has 0 atom stereocenters. The maximum Gasteiger partial charge on any atom is 0.295 e. The molecule has 6 nitrogen and oxygen atoms in total. The molecule has 0 aliphatic heterocycles. The number of hydrogen-bond acceptors (Lipinski definition) is 4. The summed E-state index contributed by atoms with van der Waals surface area (Å²) in [7, 11) is -9.11. The minimum absolute atomic E-state index is 0.000671. The van der Waals surface area contributed by atoms with E-state index >= 15 is 0 Å². The van der Waals surface area contributed by atoms with Crippen molar-refractivity contribution in [1.29, 1.82) is 0 Å². The third-order valence-corrected chi connectivity index (χ3v) is 4.91. The average molecular weight is 342 g/mol. The van der Waals surface area contributed by atoms with E-state index in [1.165, 1.54) is 24.3 Å². The first-order valence-corrected chi connectivity index (χ1v) is 9.05. The van der Waals surface area contributed by atoms with Crippen molar-refractivity contribution < 1.29 is 25.9 Å². The summed E-state index contributed by atoms with van der Waals surface area (Å²) in [6.07, 6.45) is 0. The van der Waals surface area contributed by atoms with Crippen molar-refractivity contribution in [3.8, 4) is 11.1 Å². The zero-order valence-corrected chi connectivity index (χ0v) is 13.4. The third-order valence-electron chi connectivity index (χ3n) is 3.12. The van der Waals surface area contributed by atoms with Crippen LogP contribution in [0.25, 0.3) is 11.1 Å². The molecule has 118 valence electrons. The molecule has 22 heavy (non-hydrogen) atoms. The molecule has 0 aliphatic carbocycles. The molecule has 0 fully saturated rings. The molecule has 0 aromatic heterocycles. The topological polar surface area (TPSA) is 109 Å². The molecule has 0 heterocycles. The highest BCUT2D eigenvalue weighted by Crippen LogP contribution is 2.33. The Balaban J connectivity index is 2.90. The highest BCUT2D eigenvalue weighted by Gasteiger charge is 2.23. The normalized spacial score (nSPS) is 12.4. The van der Waals surface area contributed by atoms with Crippen molar-refractivity contribution in [3.05, 3.63) is 47.5 Å². The third kappa shape index (κ3) is 3.36. The van der Waals surface area contributed by atoms with Crippen LogP contribution < -0.4 is 0 Å². The molecule has 0 saturated carbocycles. The molecular formula is C14H14O6S2. The van der Waals surface area contributed by atoms with Gasteiger partial charge in [0.2, 0.25) is 0 Å². The Hall–Kier alpha value is -1.74. The molecule has 2 aromatic rings. The van der Waals surface area contributed by atoms with E-state index in [0.717, 1.165) is 0 Å². The van der Waals surface area contributed by atoms with Crippen molar-refractivity contribution in [3.63, 3.8) is 0 Å². The van der Waals surface area contributed by atoms with Crippen molar-refractivity contribution in [2.24, 2.45) is 0 Å². The van der Waals surface area contributed by atoms with Gasteiger partial charge in [-0.05, 0) is 37.1 Å². The summed E-state index contributed by atoms with van der Waals surface area (Å²) >= 11 is 0. The fourth-order valence-electron chi connectivity index (χ4n) is 2.13. The molecule has 0 spiro atoms. The maximum atomic E-state index is 11.6. The molecule has 0 bridgehead atoms. The first-order valence-electron chi connectivity index (χ1n) is 6.17. The Morgan fingerprint density at radius 1 is 0.682 bits per heavy atom. The zero-order valence-electron chi connectivity index (χ0n) is 11.8. The first-order chi connectivity index (χ1) is 10.00. The summed E-state index contributed by atoms with van der Waals surface area (Å²) in [5.74, 6) is 0. The van der Waals surface area contributed by atoms with Crippen LogP contribution in [0.1, 0.15) is 11.1 Å². The van der Waals surface area contributed by atoms with Crippen LogP contribution in [0.3, 0.4) is 0 Å². The lowest BCUT2D eigenvalue weighted by Crippen LogP contribution is -2.05. The lowest BCUT2D eigenvalue weighted by molar-refractivity contribution is 0.480. The second kappa shape index (κ2) is 5.47. The number of rotatable bonds is 3. The molecule has 0 aliphatic rings. The van der Waals surface area contributed by atoms with Gasteiger partial charge in [-0.3, -0.25) is 9.11 Å². The molecular weight excluding hydrogens is 328 g/mol. The number of benzene rings is 2. The van der Waals surface area contributed by atoms with Crippen LogP contribution in [0.2, 0.25) is 0 Å². The molecule has 0 radical (unpaired) electrons. The lowest BCUT2D eigenvalue weighted by Gasteiger charge is -2.12. The van der Waals surface area contributed by atoms with Crippen molar-refractivity contribution in [2.75, 3.05) is 0 Å². The monoisotopic (exact) mass is 342 g/mol. The van der Waals surface area contributed by atoms with E-state index in [9.17, 15) is 25.9 Å². The summed E-state index contributed by atoms with van der Waals surface area (Å²) in [6.45, 7) is 3.27. The predicted molar refractivity (Wildman–Crippen MR) is 81.0 cm³/mol. The lowest BCUT2D eigenvalue weighted by atomic mass is 10.0. The van der Waals surface area contributed by atoms with Gasteiger partial charge in [-0.1, -0.05) is 24.3 Å². The van der Waals surface area contributed by atoms with E-state index in [2.05, 4.69) is 0 Å². The maximum absolute atomic E-state index is 11.6. The first kappa shape index (κ1) is 16.6. The van der Waals surface area contributed by atoms with Crippen LogP contribution in [-0.2, 0) is 20.2 Å². The van der Waals surface area contributed by atoms with Gasteiger partial charge in [0.25, 0.3) is 20.2 Å². The quantitative estimate of drug-likeness (QED) is 0.829. The Bertz CT molecular complexity index is 864. The van der Waals surface area contributed by atoms with Gasteiger partial charge in [-0.25, -0.2) is 0 Å². The summed E-state index contributed by atoms with van der Waals surface area (Å²) in [5.41, 5.74) is 1.16. The summed E-state index contributed by atoms with van der Waals surface area (Å²) < 4.78 is 64.9. The molecule has 0 unspecified atom stereocenters. The fourth-order valence-corrected chi connectivity index (χ4v) is 3.71. The van der Waals surface area contributed by atoms with Crippen LogP contribution in [-0.4, -0.2) is 25.9 Å². The van der Waals surface area contributed by atoms with Gasteiger partial charge < -0.3 is 0 Å². The van der Waals surface area contributed by atoms with Crippen molar-refractivity contribution >= 4 is 20.2 Å². The smallest absolute Gasteiger partial charge is 0.282 e. The summed E-state index contributed by atoms with van der Waals surface area (Å²) in [5, 5.41) is 0. The van der Waals surface area contributed by atoms with Crippen LogP contribution in [0.4, 0.5) is 0 Å². The van der Waals surface area contributed by atoms with Crippen LogP contribution >= 0.6 is 0 Å². The Kier molecular flexibility index (Phi) is 4.14. The van der Waals surface area contributed by atoms with Gasteiger partial charge in [0, 0.05) is 11.1 Å². The summed E-state index contributed by atoms with van der Waals surface area (Å²) in [6, 6.07) is 8.40. The minimum Gasteiger partial charge on any atom is -0.282 e. The number of aryl methyl sites for hydroxylation is 2. The Morgan fingerprint density at radius 3 is 1.27 bits per heavy atom. The fraction of sp³-hybridized carbons (Fsp3) is 0.143. The highest BCUT2D eigenvalue weighted by atomic mass is 32.2. The Labute approximate surface area is 128 Å². The molecule has 2 rings (SSSR count).